The Hall–Kier alpha value is -0.0200. The Balaban J connectivity index is 2.56. The second kappa shape index (κ2) is 6.47. The van der Waals surface area contributed by atoms with Crippen molar-refractivity contribution < 1.29 is 4.79 Å². The minimum atomic E-state index is -1.38. The molecule has 5 heteroatoms. The number of hydrogen-bond donors (Lipinski definition) is 0. The lowest BCUT2D eigenvalue weighted by molar-refractivity contribution is -0.122. The van der Waals surface area contributed by atoms with Gasteiger partial charge in [0.05, 0.1) is 0 Å². The summed E-state index contributed by atoms with van der Waals surface area (Å²) in [6.45, 7) is 5.98. The minimum absolute atomic E-state index is 0.0930. The molecular formula is C17H18BrCl3O. The third-order valence-corrected chi connectivity index (χ3v) is 6.01. The van der Waals surface area contributed by atoms with Gasteiger partial charge in [0.1, 0.15) is 0 Å². The third kappa shape index (κ3) is 3.56. The van der Waals surface area contributed by atoms with Crippen molar-refractivity contribution in [3.05, 3.63) is 41.5 Å². The van der Waals surface area contributed by atoms with E-state index < -0.39 is 9.21 Å². The van der Waals surface area contributed by atoms with Crippen LogP contribution in [-0.2, 0) is 4.79 Å². The molecule has 22 heavy (non-hydrogen) atoms. The Morgan fingerprint density at radius 3 is 2.27 bits per heavy atom. The summed E-state index contributed by atoms with van der Waals surface area (Å²) < 4.78 is -0.579. The van der Waals surface area contributed by atoms with Gasteiger partial charge in [-0.1, -0.05) is 85.9 Å². The van der Waals surface area contributed by atoms with E-state index in [1.807, 2.05) is 44.2 Å². The molecule has 2 atom stereocenters. The molecule has 0 spiro atoms. The molecule has 0 saturated heterocycles. The molecule has 0 unspecified atom stereocenters. The van der Waals surface area contributed by atoms with Gasteiger partial charge in [-0.3, -0.25) is 4.79 Å². The Morgan fingerprint density at radius 1 is 1.23 bits per heavy atom. The van der Waals surface area contributed by atoms with Gasteiger partial charge in [-0.05, 0) is 33.3 Å². The molecule has 1 aromatic carbocycles. The van der Waals surface area contributed by atoms with Crippen LogP contribution in [0.2, 0.25) is 0 Å². The molecule has 1 saturated carbocycles. The summed E-state index contributed by atoms with van der Waals surface area (Å²) in [4.78, 5) is 12.9. The maximum Gasteiger partial charge on any atom is 0.191 e. The number of rotatable bonds is 2. The van der Waals surface area contributed by atoms with Gasteiger partial charge in [0.15, 0.2) is 9.58 Å². The monoisotopic (exact) mass is 422 g/mol. The predicted octanol–water partition coefficient (Wildman–Crippen LogP) is 6.41. The zero-order valence-electron chi connectivity index (χ0n) is 12.7. The molecule has 0 heterocycles. The van der Waals surface area contributed by atoms with Crippen LogP contribution in [0, 0.1) is 17.3 Å². The molecule has 0 radical (unpaired) electrons. The van der Waals surface area contributed by atoms with Gasteiger partial charge in [0.2, 0.25) is 0 Å². The van der Waals surface area contributed by atoms with Crippen molar-refractivity contribution in [3.63, 3.8) is 0 Å². The second-order valence-corrected chi connectivity index (χ2v) is 9.67. The van der Waals surface area contributed by atoms with E-state index in [0.717, 1.165) is 15.6 Å². The highest BCUT2D eigenvalue weighted by molar-refractivity contribution is 9.15. The highest BCUT2D eigenvalue weighted by atomic mass is 79.9. The van der Waals surface area contributed by atoms with E-state index in [1.165, 1.54) is 0 Å². The molecule has 2 rings (SSSR count). The van der Waals surface area contributed by atoms with Gasteiger partial charge >= 0.3 is 0 Å². The topological polar surface area (TPSA) is 17.1 Å². The average molecular weight is 425 g/mol. The Bertz CT molecular complexity index is 602. The van der Waals surface area contributed by atoms with Gasteiger partial charge < -0.3 is 0 Å². The number of carbonyl (C=O) groups is 1. The van der Waals surface area contributed by atoms with Crippen LogP contribution < -0.4 is 0 Å². The summed E-state index contributed by atoms with van der Waals surface area (Å²) in [5, 5.41) is 0. The lowest BCUT2D eigenvalue weighted by Gasteiger charge is -2.26. The van der Waals surface area contributed by atoms with E-state index >= 15 is 0 Å². The zero-order chi connectivity index (χ0) is 16.7. The van der Waals surface area contributed by atoms with Gasteiger partial charge in [-0.15, -0.1) is 0 Å². The number of benzene rings is 1. The van der Waals surface area contributed by atoms with Gasteiger partial charge in [-0.2, -0.15) is 0 Å². The number of hydrogen-bond acceptors (Lipinski definition) is 1. The largest absolute Gasteiger partial charge is 0.294 e. The maximum atomic E-state index is 12.9. The summed E-state index contributed by atoms with van der Waals surface area (Å²) in [6, 6.07) is 9.75. The summed E-state index contributed by atoms with van der Waals surface area (Å²) in [5.74, 6) is 0.126. The van der Waals surface area contributed by atoms with Gasteiger partial charge in [-0.25, -0.2) is 0 Å². The van der Waals surface area contributed by atoms with E-state index in [9.17, 15) is 4.79 Å². The summed E-state index contributed by atoms with van der Waals surface area (Å²) in [6.07, 6.45) is 0.325. The van der Waals surface area contributed by atoms with Crippen LogP contribution in [0.15, 0.2) is 35.9 Å². The fourth-order valence-corrected chi connectivity index (χ4v) is 4.24. The summed E-state index contributed by atoms with van der Waals surface area (Å²) in [5.41, 5.74) is 1.23. The molecule has 1 fully saturated rings. The van der Waals surface area contributed by atoms with Crippen LogP contribution in [0.3, 0.4) is 0 Å². The molecule has 0 N–H and O–H groups in total. The highest BCUT2D eigenvalue weighted by Crippen LogP contribution is 2.54. The van der Waals surface area contributed by atoms with Crippen molar-refractivity contribution in [3.8, 4) is 0 Å². The van der Waals surface area contributed by atoms with Crippen LogP contribution in [0.5, 0.6) is 0 Å². The SMILES string of the molecule is C[C@@H]1[C@@H](CC(Cl)(Cl)Cl)/C(=C(\Br)c2ccccc2)C(=O)C1(C)C. The van der Waals surface area contributed by atoms with Crippen molar-refractivity contribution in [1.29, 1.82) is 0 Å². The summed E-state index contributed by atoms with van der Waals surface area (Å²) in [7, 11) is 0. The first-order valence-electron chi connectivity index (χ1n) is 7.12. The van der Waals surface area contributed by atoms with Crippen LogP contribution in [-0.4, -0.2) is 9.58 Å². The number of Topliss-reactive ketones (excluding diaryl/α,β-unsaturated/α-hetero) is 1. The first kappa shape index (κ1) is 18.3. The molecule has 0 aliphatic heterocycles. The van der Waals surface area contributed by atoms with E-state index in [0.29, 0.717) is 6.42 Å². The van der Waals surface area contributed by atoms with Crippen molar-refractivity contribution in [2.45, 2.75) is 31.0 Å². The van der Waals surface area contributed by atoms with Crippen LogP contribution in [0.1, 0.15) is 32.8 Å². The number of halogens is 4. The Morgan fingerprint density at radius 2 is 1.77 bits per heavy atom. The Kier molecular flexibility index (Phi) is 5.39. The Labute approximate surface area is 155 Å². The fraction of sp³-hybridized carbons (Fsp3) is 0.471. The minimum Gasteiger partial charge on any atom is -0.294 e. The molecule has 120 valence electrons. The van der Waals surface area contributed by atoms with Crippen molar-refractivity contribution in [2.24, 2.45) is 17.3 Å². The number of alkyl halides is 3. The molecule has 1 aliphatic rings. The van der Waals surface area contributed by atoms with E-state index in [2.05, 4.69) is 22.9 Å². The van der Waals surface area contributed by atoms with E-state index in [4.69, 9.17) is 34.8 Å². The fourth-order valence-electron chi connectivity index (χ4n) is 3.01. The molecule has 1 nitrogen and oxygen atoms in total. The molecule has 1 aliphatic carbocycles. The van der Waals surface area contributed by atoms with Crippen molar-refractivity contribution >= 4 is 61.0 Å². The van der Waals surface area contributed by atoms with Gasteiger partial charge in [0, 0.05) is 21.9 Å². The molecular weight excluding hydrogens is 406 g/mol. The van der Waals surface area contributed by atoms with Crippen molar-refractivity contribution in [2.75, 3.05) is 0 Å². The first-order valence-corrected chi connectivity index (χ1v) is 9.05. The number of ketones is 1. The average Bonchev–Trinajstić information content (AvgIpc) is 2.59. The third-order valence-electron chi connectivity index (χ3n) is 4.66. The number of carbonyl (C=O) groups excluding carboxylic acids is 1. The molecule has 0 bridgehead atoms. The predicted molar refractivity (Wildman–Crippen MR) is 98.6 cm³/mol. The standard InChI is InChI=1S/C17H18BrCl3O/c1-10-12(9-17(19,20)21)13(15(22)16(10,2)3)14(18)11-7-5-4-6-8-11/h4-8,10,12H,9H2,1-3H3/b14-13+/t10-,12-/m1/s1. The first-order chi connectivity index (χ1) is 10.1. The van der Waals surface area contributed by atoms with Crippen LogP contribution in [0.4, 0.5) is 0 Å². The number of allylic oxidation sites excluding steroid dienone is 1. The summed E-state index contributed by atoms with van der Waals surface area (Å²) >= 11 is 21.7. The van der Waals surface area contributed by atoms with E-state index in [1.54, 1.807) is 0 Å². The highest BCUT2D eigenvalue weighted by Gasteiger charge is 2.52. The molecule has 0 amide bonds. The van der Waals surface area contributed by atoms with Crippen LogP contribution >= 0.6 is 50.7 Å². The van der Waals surface area contributed by atoms with E-state index in [-0.39, 0.29) is 17.6 Å². The second-order valence-electron chi connectivity index (χ2n) is 6.36. The van der Waals surface area contributed by atoms with Crippen molar-refractivity contribution in [1.82, 2.24) is 0 Å². The lowest BCUT2D eigenvalue weighted by atomic mass is 9.79. The van der Waals surface area contributed by atoms with Gasteiger partial charge in [0.25, 0.3) is 0 Å². The zero-order valence-corrected chi connectivity index (χ0v) is 16.5. The quantitative estimate of drug-likeness (QED) is 0.396. The molecule has 0 aromatic heterocycles. The maximum absolute atomic E-state index is 12.9. The lowest BCUT2D eigenvalue weighted by Crippen LogP contribution is -2.25. The smallest absolute Gasteiger partial charge is 0.191 e. The molecule has 1 aromatic rings. The normalized spacial score (nSPS) is 27.1. The van der Waals surface area contributed by atoms with Crippen LogP contribution in [0.25, 0.3) is 4.48 Å².